The number of hydrogen-bond donors (Lipinski definition) is 3. The number of piperidine rings is 1. The number of likely N-dealkylation sites (tertiary alicyclic amines) is 1. The molecule has 0 spiro atoms. The van der Waals surface area contributed by atoms with Crippen LogP contribution in [0, 0.1) is 33.8 Å². The number of amides is 3. The number of rotatable bonds is 21. The van der Waals surface area contributed by atoms with Gasteiger partial charge >= 0.3 is 6.09 Å². The molecule has 0 radical (unpaired) electrons. The van der Waals surface area contributed by atoms with E-state index in [4.69, 9.17) is 14.2 Å². The molecule has 0 bridgehead atoms. The third-order valence-corrected chi connectivity index (χ3v) is 9.79. The SMILES string of the molecule is COCCCOc1cc(CC(C[C@@H]([C@@H](O)C[C@H](C(=O)NC2CCN(C(=O)CO[N+](=O)[O-])CC2)C(C)C)N(C(=O)O)C(C)(C)C)C(C)C)ccc1OC. The number of carbonyl (C=O) groups is 3. The molecule has 1 unspecified atom stereocenters. The summed E-state index contributed by atoms with van der Waals surface area (Å²) >= 11 is 0. The van der Waals surface area contributed by atoms with Gasteiger partial charge in [-0.25, -0.2) is 4.79 Å². The van der Waals surface area contributed by atoms with E-state index in [0.29, 0.717) is 63.5 Å². The molecular formula is C37H62N4O11. The fourth-order valence-electron chi connectivity index (χ4n) is 6.79. The van der Waals surface area contributed by atoms with Crippen LogP contribution in [0.25, 0.3) is 0 Å². The van der Waals surface area contributed by atoms with Crippen molar-refractivity contribution in [2.24, 2.45) is 23.7 Å². The molecule has 2 rings (SSSR count). The Labute approximate surface area is 308 Å². The second-order valence-electron chi connectivity index (χ2n) is 15.3. The van der Waals surface area contributed by atoms with Gasteiger partial charge in [0.1, 0.15) is 0 Å². The quantitative estimate of drug-likeness (QED) is 0.0892. The van der Waals surface area contributed by atoms with E-state index in [-0.39, 0.29) is 36.1 Å². The van der Waals surface area contributed by atoms with E-state index in [9.17, 15) is 34.7 Å². The van der Waals surface area contributed by atoms with Gasteiger partial charge in [0.15, 0.2) is 18.1 Å². The Hall–Kier alpha value is -3.85. The van der Waals surface area contributed by atoms with Crippen molar-refractivity contribution in [3.05, 3.63) is 33.9 Å². The molecule has 1 aliphatic heterocycles. The van der Waals surface area contributed by atoms with Crippen LogP contribution in [0.1, 0.15) is 86.1 Å². The zero-order chi connectivity index (χ0) is 39.2. The summed E-state index contributed by atoms with van der Waals surface area (Å²) in [6.07, 6.45) is 0.360. The topological polar surface area (TPSA) is 190 Å². The number of aliphatic hydroxyl groups is 1. The smallest absolute Gasteiger partial charge is 0.408 e. The molecular weight excluding hydrogens is 676 g/mol. The lowest BCUT2D eigenvalue weighted by Crippen LogP contribution is -2.57. The predicted molar refractivity (Wildman–Crippen MR) is 195 cm³/mol. The van der Waals surface area contributed by atoms with E-state index in [0.717, 1.165) is 12.0 Å². The Morgan fingerprint density at radius 1 is 1.04 bits per heavy atom. The Balaban J connectivity index is 2.27. The summed E-state index contributed by atoms with van der Waals surface area (Å²) in [4.78, 5) is 56.3. The monoisotopic (exact) mass is 738 g/mol. The van der Waals surface area contributed by atoms with Crippen LogP contribution in [0.15, 0.2) is 18.2 Å². The average Bonchev–Trinajstić information content (AvgIpc) is 3.06. The van der Waals surface area contributed by atoms with Crippen molar-refractivity contribution in [1.82, 2.24) is 15.1 Å². The summed E-state index contributed by atoms with van der Waals surface area (Å²) in [5.41, 5.74) is 0.151. The first-order chi connectivity index (χ1) is 24.4. The van der Waals surface area contributed by atoms with E-state index in [2.05, 4.69) is 24.0 Å². The number of nitrogens with zero attached hydrogens (tertiary/aromatic N) is 3. The van der Waals surface area contributed by atoms with Gasteiger partial charge in [-0.1, -0.05) is 33.8 Å². The van der Waals surface area contributed by atoms with Gasteiger partial charge in [0.05, 0.1) is 25.9 Å². The Bertz CT molecular complexity index is 1290. The minimum absolute atomic E-state index is 0.0337. The van der Waals surface area contributed by atoms with E-state index in [1.165, 1.54) is 9.80 Å². The van der Waals surface area contributed by atoms with Crippen LogP contribution in [0.5, 0.6) is 11.5 Å². The van der Waals surface area contributed by atoms with E-state index in [1.54, 1.807) is 35.0 Å². The second kappa shape index (κ2) is 21.0. The summed E-state index contributed by atoms with van der Waals surface area (Å²) in [5, 5.41) is 35.0. The van der Waals surface area contributed by atoms with Crippen molar-refractivity contribution >= 4 is 17.9 Å². The number of carboxylic acid groups (broad SMARTS) is 1. The Kier molecular flexibility index (Phi) is 17.9. The molecule has 15 heteroatoms. The lowest BCUT2D eigenvalue weighted by Gasteiger charge is -2.44. The number of aliphatic hydroxyl groups excluding tert-OH is 1. The number of ether oxygens (including phenoxy) is 3. The first-order valence-electron chi connectivity index (χ1n) is 18.2. The number of carbonyl (C=O) groups excluding carboxylic acids is 2. The summed E-state index contributed by atoms with van der Waals surface area (Å²) < 4.78 is 16.7. The highest BCUT2D eigenvalue weighted by Crippen LogP contribution is 2.35. The largest absolute Gasteiger partial charge is 0.493 e. The lowest BCUT2D eigenvalue weighted by atomic mass is 9.79. The molecule has 1 saturated heterocycles. The van der Waals surface area contributed by atoms with Crippen molar-refractivity contribution in [2.45, 2.75) is 111 Å². The second-order valence-corrected chi connectivity index (χ2v) is 15.3. The maximum absolute atomic E-state index is 13.7. The Morgan fingerprint density at radius 3 is 2.21 bits per heavy atom. The van der Waals surface area contributed by atoms with Crippen LogP contribution in [0.2, 0.25) is 0 Å². The number of nitrogens with one attached hydrogen (secondary N) is 1. The van der Waals surface area contributed by atoms with Crippen molar-refractivity contribution in [3.63, 3.8) is 0 Å². The fourth-order valence-corrected chi connectivity index (χ4v) is 6.79. The zero-order valence-corrected chi connectivity index (χ0v) is 32.5. The maximum atomic E-state index is 13.7. The zero-order valence-electron chi connectivity index (χ0n) is 32.5. The van der Waals surface area contributed by atoms with Crippen LogP contribution >= 0.6 is 0 Å². The lowest BCUT2D eigenvalue weighted by molar-refractivity contribution is -0.754. The highest BCUT2D eigenvalue weighted by atomic mass is 17.0. The van der Waals surface area contributed by atoms with Crippen LogP contribution in [0.4, 0.5) is 4.79 Å². The minimum atomic E-state index is -1.15. The molecule has 4 atom stereocenters. The van der Waals surface area contributed by atoms with Gasteiger partial charge in [-0.2, -0.15) is 0 Å². The van der Waals surface area contributed by atoms with Crippen molar-refractivity contribution in [3.8, 4) is 11.5 Å². The van der Waals surface area contributed by atoms with Gasteiger partial charge < -0.3 is 39.5 Å². The molecule has 1 aromatic carbocycles. The van der Waals surface area contributed by atoms with Gasteiger partial charge in [-0.05, 0) is 88.3 Å². The third kappa shape index (κ3) is 13.9. The predicted octanol–water partition coefficient (Wildman–Crippen LogP) is 4.80. The molecule has 1 aliphatic rings. The van der Waals surface area contributed by atoms with E-state index < -0.39 is 47.3 Å². The third-order valence-electron chi connectivity index (χ3n) is 9.79. The van der Waals surface area contributed by atoms with Gasteiger partial charge in [0, 0.05) is 50.7 Å². The first kappa shape index (κ1) is 44.3. The van der Waals surface area contributed by atoms with Gasteiger partial charge in [0.2, 0.25) is 11.8 Å². The highest BCUT2D eigenvalue weighted by Gasteiger charge is 2.41. The van der Waals surface area contributed by atoms with Crippen LogP contribution in [-0.4, -0.2) is 114 Å². The highest BCUT2D eigenvalue weighted by molar-refractivity contribution is 5.79. The molecule has 3 N–H and O–H groups in total. The Morgan fingerprint density at radius 2 is 1.69 bits per heavy atom. The molecule has 1 heterocycles. The molecule has 0 saturated carbocycles. The summed E-state index contributed by atoms with van der Waals surface area (Å²) in [7, 11) is 3.23. The van der Waals surface area contributed by atoms with Crippen molar-refractivity contribution in [2.75, 3.05) is 47.1 Å². The first-order valence-corrected chi connectivity index (χ1v) is 18.2. The molecule has 52 heavy (non-hydrogen) atoms. The molecule has 0 aromatic heterocycles. The average molecular weight is 739 g/mol. The molecule has 1 aromatic rings. The van der Waals surface area contributed by atoms with Crippen LogP contribution in [0.3, 0.4) is 0 Å². The normalized spacial score (nSPS) is 16.2. The van der Waals surface area contributed by atoms with Crippen LogP contribution < -0.4 is 14.8 Å². The summed E-state index contributed by atoms with van der Waals surface area (Å²) in [5.74, 6) is -0.187. The summed E-state index contributed by atoms with van der Waals surface area (Å²) in [6.45, 7) is 14.4. The maximum Gasteiger partial charge on any atom is 0.408 e. The number of hydrogen-bond acceptors (Lipinski definition) is 10. The van der Waals surface area contributed by atoms with Gasteiger partial charge in [-0.15, -0.1) is 10.1 Å². The van der Waals surface area contributed by atoms with Gasteiger partial charge in [0.25, 0.3) is 5.09 Å². The molecule has 296 valence electrons. The summed E-state index contributed by atoms with van der Waals surface area (Å²) in [6, 6.07) is 4.75. The van der Waals surface area contributed by atoms with Crippen molar-refractivity contribution < 1.29 is 48.7 Å². The molecule has 0 aliphatic carbocycles. The van der Waals surface area contributed by atoms with E-state index >= 15 is 0 Å². The number of benzene rings is 1. The van der Waals surface area contributed by atoms with E-state index in [1.807, 2.05) is 32.0 Å². The standard InChI is InChI=1S/C37H62N4O11/c1-24(2)27(19-26-11-12-32(50-9)33(20-26)51-18-10-17-49-8)21-30(40(36(45)46)37(5,6)7)31(42)22-29(25(3)4)35(44)38-28-13-15-39(16-14-28)34(43)23-52-41(47)48/h11-12,20,24-25,27-31,42H,10,13-19,21-23H2,1-9H3,(H,38,44)(H,45,46)/t27?,29-,30-,31-/m0/s1. The molecule has 15 nitrogen and oxygen atoms in total. The molecule has 1 fully saturated rings. The fraction of sp³-hybridized carbons (Fsp3) is 0.757. The van der Waals surface area contributed by atoms with Gasteiger partial charge in [-0.3, -0.25) is 14.5 Å². The number of methoxy groups -OCH3 is 2. The van der Waals surface area contributed by atoms with Crippen LogP contribution in [-0.2, 0) is 25.6 Å². The minimum Gasteiger partial charge on any atom is -0.493 e. The molecule has 3 amide bonds. The van der Waals surface area contributed by atoms with Crippen molar-refractivity contribution in [1.29, 1.82) is 0 Å².